The van der Waals surface area contributed by atoms with Crippen LogP contribution in [0.15, 0.2) is 66.7 Å². The summed E-state index contributed by atoms with van der Waals surface area (Å²) < 4.78 is 6.21. The lowest BCUT2D eigenvalue weighted by Gasteiger charge is -2.30. The van der Waals surface area contributed by atoms with Crippen LogP contribution in [-0.2, 0) is 0 Å². The van der Waals surface area contributed by atoms with Crippen molar-refractivity contribution < 1.29 is 9.84 Å². The monoisotopic (exact) mass is 318 g/mol. The second-order valence-corrected chi connectivity index (χ2v) is 6.57. The number of aliphatic hydroxyl groups excluding tert-OH is 1. The molecule has 2 nitrogen and oxygen atoms in total. The molecule has 0 spiro atoms. The topological polar surface area (TPSA) is 29.5 Å². The summed E-state index contributed by atoms with van der Waals surface area (Å²) in [7, 11) is 0. The SMILES string of the molecule is O[C@H]1CCCC[C@H]1c1c(Oc2ccccc2)ccc2ccccc12. The van der Waals surface area contributed by atoms with Crippen LogP contribution in [0.3, 0.4) is 0 Å². The highest BCUT2D eigenvalue weighted by atomic mass is 16.5. The van der Waals surface area contributed by atoms with E-state index in [1.165, 1.54) is 10.8 Å². The molecular weight excluding hydrogens is 296 g/mol. The van der Waals surface area contributed by atoms with Gasteiger partial charge in [0, 0.05) is 11.5 Å². The molecule has 3 aromatic carbocycles. The molecule has 0 unspecified atom stereocenters. The third kappa shape index (κ3) is 2.90. The number of ether oxygens (including phenoxy) is 1. The van der Waals surface area contributed by atoms with Crippen molar-refractivity contribution in [1.82, 2.24) is 0 Å². The molecule has 4 rings (SSSR count). The average Bonchev–Trinajstić information content (AvgIpc) is 2.63. The molecule has 1 aliphatic carbocycles. The molecule has 0 amide bonds. The van der Waals surface area contributed by atoms with Crippen molar-refractivity contribution in [2.24, 2.45) is 0 Å². The molecular formula is C22H22O2. The minimum atomic E-state index is -0.289. The first kappa shape index (κ1) is 15.2. The molecule has 3 aromatic rings. The van der Waals surface area contributed by atoms with E-state index in [-0.39, 0.29) is 12.0 Å². The van der Waals surface area contributed by atoms with E-state index in [0.29, 0.717) is 0 Å². The van der Waals surface area contributed by atoms with Gasteiger partial charge in [0.25, 0.3) is 0 Å². The van der Waals surface area contributed by atoms with E-state index in [0.717, 1.165) is 42.7 Å². The first-order valence-electron chi connectivity index (χ1n) is 8.75. The van der Waals surface area contributed by atoms with Crippen LogP contribution < -0.4 is 4.74 Å². The van der Waals surface area contributed by atoms with E-state index < -0.39 is 0 Å². The molecule has 1 fully saturated rings. The lowest BCUT2D eigenvalue weighted by Crippen LogP contribution is -2.23. The minimum Gasteiger partial charge on any atom is -0.457 e. The Morgan fingerprint density at radius 3 is 2.38 bits per heavy atom. The summed E-state index contributed by atoms with van der Waals surface area (Å²) in [5.74, 6) is 1.84. The van der Waals surface area contributed by atoms with Crippen LogP contribution in [0.2, 0.25) is 0 Å². The maximum atomic E-state index is 10.6. The van der Waals surface area contributed by atoms with Gasteiger partial charge in [0.2, 0.25) is 0 Å². The number of para-hydroxylation sites is 1. The van der Waals surface area contributed by atoms with E-state index in [1.807, 2.05) is 36.4 Å². The number of hydrogen-bond donors (Lipinski definition) is 1. The molecule has 0 aromatic heterocycles. The first-order valence-corrected chi connectivity index (χ1v) is 8.75. The Labute approximate surface area is 142 Å². The normalized spacial score (nSPS) is 20.9. The number of benzene rings is 3. The Morgan fingerprint density at radius 2 is 1.54 bits per heavy atom. The van der Waals surface area contributed by atoms with Crippen molar-refractivity contribution in [3.8, 4) is 11.5 Å². The smallest absolute Gasteiger partial charge is 0.131 e. The molecule has 0 bridgehead atoms. The van der Waals surface area contributed by atoms with Crippen molar-refractivity contribution in [2.45, 2.75) is 37.7 Å². The van der Waals surface area contributed by atoms with Crippen molar-refractivity contribution in [3.63, 3.8) is 0 Å². The Hall–Kier alpha value is -2.32. The lowest BCUT2D eigenvalue weighted by atomic mass is 9.79. The van der Waals surface area contributed by atoms with E-state index >= 15 is 0 Å². The maximum absolute atomic E-state index is 10.6. The molecule has 2 atom stereocenters. The Kier molecular flexibility index (Phi) is 4.22. The van der Waals surface area contributed by atoms with E-state index in [1.54, 1.807) is 0 Å². The molecule has 0 saturated heterocycles. The fourth-order valence-corrected chi connectivity index (χ4v) is 3.81. The van der Waals surface area contributed by atoms with Gasteiger partial charge in [-0.05, 0) is 41.8 Å². The lowest BCUT2D eigenvalue weighted by molar-refractivity contribution is 0.106. The van der Waals surface area contributed by atoms with Gasteiger partial charge < -0.3 is 9.84 Å². The molecule has 0 aliphatic heterocycles. The zero-order valence-corrected chi connectivity index (χ0v) is 13.7. The first-order chi connectivity index (χ1) is 11.8. The van der Waals surface area contributed by atoms with Gasteiger partial charge in [-0.15, -0.1) is 0 Å². The molecule has 1 N–H and O–H groups in total. The number of hydrogen-bond acceptors (Lipinski definition) is 2. The number of rotatable bonds is 3. The standard InChI is InChI=1S/C22H22O2/c23-20-13-7-6-12-19(20)22-18-11-5-4-8-16(18)14-15-21(22)24-17-9-2-1-3-10-17/h1-5,8-11,14-15,19-20,23H,6-7,12-13H2/t19-,20+/m1/s1. The zero-order valence-electron chi connectivity index (χ0n) is 13.7. The largest absolute Gasteiger partial charge is 0.457 e. The number of fused-ring (bicyclic) bond motifs is 1. The quantitative estimate of drug-likeness (QED) is 0.676. The molecule has 2 heteroatoms. The predicted molar refractivity (Wildman–Crippen MR) is 97.7 cm³/mol. The van der Waals surface area contributed by atoms with Crippen molar-refractivity contribution >= 4 is 10.8 Å². The second kappa shape index (κ2) is 6.66. The summed E-state index contributed by atoms with van der Waals surface area (Å²) in [5, 5.41) is 13.0. The van der Waals surface area contributed by atoms with Crippen LogP contribution in [0, 0.1) is 0 Å². The highest BCUT2D eigenvalue weighted by Gasteiger charge is 2.28. The van der Waals surface area contributed by atoms with E-state index in [2.05, 4.69) is 30.3 Å². The second-order valence-electron chi connectivity index (χ2n) is 6.57. The number of aliphatic hydroxyl groups is 1. The van der Waals surface area contributed by atoms with Gasteiger partial charge in [0.15, 0.2) is 0 Å². The summed E-state index contributed by atoms with van der Waals surface area (Å²) in [6, 6.07) is 22.4. The van der Waals surface area contributed by atoms with Crippen LogP contribution >= 0.6 is 0 Å². The van der Waals surface area contributed by atoms with Crippen LogP contribution in [0.25, 0.3) is 10.8 Å². The highest BCUT2D eigenvalue weighted by Crippen LogP contribution is 2.43. The van der Waals surface area contributed by atoms with Gasteiger partial charge in [-0.2, -0.15) is 0 Å². The molecule has 1 saturated carbocycles. The van der Waals surface area contributed by atoms with Crippen molar-refractivity contribution in [1.29, 1.82) is 0 Å². The molecule has 0 heterocycles. The molecule has 24 heavy (non-hydrogen) atoms. The van der Waals surface area contributed by atoms with Gasteiger partial charge >= 0.3 is 0 Å². The summed E-state index contributed by atoms with van der Waals surface area (Å²) in [6.45, 7) is 0. The van der Waals surface area contributed by atoms with Crippen molar-refractivity contribution in [2.75, 3.05) is 0 Å². The third-order valence-corrected chi connectivity index (χ3v) is 5.00. The zero-order chi connectivity index (χ0) is 16.4. The van der Waals surface area contributed by atoms with E-state index in [9.17, 15) is 5.11 Å². The van der Waals surface area contributed by atoms with Gasteiger partial charge in [-0.1, -0.05) is 61.4 Å². The fourth-order valence-electron chi connectivity index (χ4n) is 3.81. The van der Waals surface area contributed by atoms with Crippen LogP contribution in [-0.4, -0.2) is 11.2 Å². The van der Waals surface area contributed by atoms with Gasteiger partial charge in [0.05, 0.1) is 6.10 Å². The van der Waals surface area contributed by atoms with Crippen LogP contribution in [0.5, 0.6) is 11.5 Å². The summed E-state index contributed by atoms with van der Waals surface area (Å²) >= 11 is 0. The van der Waals surface area contributed by atoms with Gasteiger partial charge in [-0.3, -0.25) is 0 Å². The Balaban J connectivity index is 1.84. The maximum Gasteiger partial charge on any atom is 0.131 e. The molecule has 0 radical (unpaired) electrons. The van der Waals surface area contributed by atoms with Crippen molar-refractivity contribution in [3.05, 3.63) is 72.3 Å². The summed E-state index contributed by atoms with van der Waals surface area (Å²) in [6.07, 6.45) is 3.87. The van der Waals surface area contributed by atoms with E-state index in [4.69, 9.17) is 4.74 Å². The third-order valence-electron chi connectivity index (χ3n) is 5.00. The summed E-state index contributed by atoms with van der Waals surface area (Å²) in [5.41, 5.74) is 1.16. The summed E-state index contributed by atoms with van der Waals surface area (Å²) in [4.78, 5) is 0. The Bertz CT molecular complexity index is 826. The predicted octanol–water partition coefficient (Wildman–Crippen LogP) is 5.65. The van der Waals surface area contributed by atoms with Gasteiger partial charge in [0.1, 0.15) is 11.5 Å². The molecule has 122 valence electrons. The fraction of sp³-hybridized carbons (Fsp3) is 0.273. The molecule has 1 aliphatic rings. The average molecular weight is 318 g/mol. The van der Waals surface area contributed by atoms with Gasteiger partial charge in [-0.25, -0.2) is 0 Å². The van der Waals surface area contributed by atoms with Crippen LogP contribution in [0.4, 0.5) is 0 Å². The van der Waals surface area contributed by atoms with Crippen LogP contribution in [0.1, 0.15) is 37.2 Å². The highest BCUT2D eigenvalue weighted by molar-refractivity contribution is 5.88. The Morgan fingerprint density at radius 1 is 0.792 bits per heavy atom. The minimum absolute atomic E-state index is 0.142.